The maximum absolute atomic E-state index is 12.1. The molecule has 0 spiro atoms. The number of nitrogens with zero attached hydrogens (tertiary/aromatic N) is 3. The van der Waals surface area contributed by atoms with Crippen LogP contribution in [-0.4, -0.2) is 34.3 Å². The number of nitrogens with one attached hydrogen (secondary N) is 1. The van der Waals surface area contributed by atoms with E-state index in [1.165, 1.54) is 30.3 Å². The van der Waals surface area contributed by atoms with Gasteiger partial charge in [0.2, 0.25) is 5.91 Å². The molecule has 2 heterocycles. The van der Waals surface area contributed by atoms with E-state index < -0.39 is 0 Å². The van der Waals surface area contributed by atoms with Gasteiger partial charge in [-0.3, -0.25) is 4.79 Å². The van der Waals surface area contributed by atoms with Gasteiger partial charge in [0.15, 0.2) is 5.16 Å². The van der Waals surface area contributed by atoms with E-state index >= 15 is 0 Å². The van der Waals surface area contributed by atoms with E-state index in [4.69, 9.17) is 0 Å². The summed E-state index contributed by atoms with van der Waals surface area (Å²) in [4.78, 5) is 18.7. The van der Waals surface area contributed by atoms with Crippen LogP contribution >= 0.6 is 11.8 Å². The molecule has 0 unspecified atom stereocenters. The van der Waals surface area contributed by atoms with Crippen molar-refractivity contribution in [2.45, 2.75) is 24.9 Å². The first-order chi connectivity index (χ1) is 11.1. The number of hydrogen-bond acceptors (Lipinski definition) is 4. The molecular weight excluding hydrogens is 308 g/mol. The predicted octanol–water partition coefficient (Wildman–Crippen LogP) is 3.06. The van der Waals surface area contributed by atoms with Gasteiger partial charge in [-0.25, -0.2) is 4.98 Å². The number of rotatable bonds is 5. The highest BCUT2D eigenvalue weighted by Crippen LogP contribution is 2.25. The van der Waals surface area contributed by atoms with Crippen LogP contribution in [0.15, 0.2) is 35.7 Å². The molecule has 1 aromatic heterocycles. The van der Waals surface area contributed by atoms with E-state index in [0.29, 0.717) is 5.75 Å². The van der Waals surface area contributed by atoms with Gasteiger partial charge in [0.25, 0.3) is 0 Å². The molecule has 1 saturated heterocycles. The maximum atomic E-state index is 12.1. The molecule has 6 heteroatoms. The van der Waals surface area contributed by atoms with Gasteiger partial charge < -0.3 is 14.8 Å². The van der Waals surface area contributed by atoms with Crippen molar-refractivity contribution in [1.29, 1.82) is 0 Å². The number of carbonyl (C=O) groups is 1. The Labute approximate surface area is 141 Å². The SMILES string of the molecule is Cc1cc(N2CCCC2)ccc1NC(=O)CSc1nccn1C. The van der Waals surface area contributed by atoms with Crippen molar-refractivity contribution in [3.05, 3.63) is 36.2 Å². The van der Waals surface area contributed by atoms with Gasteiger partial charge in [0.05, 0.1) is 5.75 Å². The minimum absolute atomic E-state index is 0.00461. The lowest BCUT2D eigenvalue weighted by molar-refractivity contribution is -0.113. The maximum Gasteiger partial charge on any atom is 0.234 e. The summed E-state index contributed by atoms with van der Waals surface area (Å²) in [6.45, 7) is 4.30. The average molecular weight is 330 g/mol. The van der Waals surface area contributed by atoms with Gasteiger partial charge in [-0.1, -0.05) is 11.8 Å². The summed E-state index contributed by atoms with van der Waals surface area (Å²) in [5.41, 5.74) is 3.24. The highest BCUT2D eigenvalue weighted by atomic mass is 32.2. The molecule has 1 amide bonds. The third kappa shape index (κ3) is 3.88. The molecule has 0 saturated carbocycles. The summed E-state index contributed by atoms with van der Waals surface area (Å²) in [5.74, 6) is 0.355. The fourth-order valence-corrected chi connectivity index (χ4v) is 3.50. The van der Waals surface area contributed by atoms with Crippen molar-refractivity contribution in [3.8, 4) is 0 Å². The predicted molar refractivity (Wildman–Crippen MR) is 95.2 cm³/mol. The molecule has 2 aromatic rings. The summed E-state index contributed by atoms with van der Waals surface area (Å²) in [6, 6.07) is 6.26. The number of imidazole rings is 1. The lowest BCUT2D eigenvalue weighted by Gasteiger charge is -2.19. The monoisotopic (exact) mass is 330 g/mol. The van der Waals surface area contributed by atoms with Crippen molar-refractivity contribution in [1.82, 2.24) is 9.55 Å². The number of benzene rings is 1. The van der Waals surface area contributed by atoms with Crippen molar-refractivity contribution >= 4 is 29.0 Å². The quantitative estimate of drug-likeness (QED) is 0.856. The van der Waals surface area contributed by atoms with Crippen LogP contribution in [0.2, 0.25) is 0 Å². The second-order valence-corrected chi connectivity index (χ2v) is 6.79. The molecule has 122 valence electrons. The Morgan fingerprint density at radius 3 is 2.78 bits per heavy atom. The Kier molecular flexibility index (Phi) is 4.91. The second-order valence-electron chi connectivity index (χ2n) is 5.85. The Balaban J connectivity index is 1.58. The molecule has 0 aliphatic carbocycles. The fourth-order valence-electron chi connectivity index (χ4n) is 2.77. The topological polar surface area (TPSA) is 50.2 Å². The van der Waals surface area contributed by atoms with Crippen molar-refractivity contribution in [3.63, 3.8) is 0 Å². The molecule has 0 atom stereocenters. The lowest BCUT2D eigenvalue weighted by Crippen LogP contribution is -2.18. The zero-order valence-electron chi connectivity index (χ0n) is 13.6. The van der Waals surface area contributed by atoms with Gasteiger partial charge in [0, 0.05) is 43.9 Å². The fraction of sp³-hybridized carbons (Fsp3) is 0.412. The van der Waals surface area contributed by atoms with E-state index in [9.17, 15) is 4.79 Å². The largest absolute Gasteiger partial charge is 0.372 e. The average Bonchev–Trinajstić information content (AvgIpc) is 3.19. The van der Waals surface area contributed by atoms with E-state index in [1.54, 1.807) is 6.20 Å². The molecule has 0 radical (unpaired) electrons. The molecular formula is C17H22N4OS. The van der Waals surface area contributed by atoms with E-state index in [0.717, 1.165) is 29.5 Å². The first kappa shape index (κ1) is 15.9. The molecule has 1 aliphatic rings. The number of carbonyl (C=O) groups excluding carboxylic acids is 1. The number of aromatic nitrogens is 2. The summed E-state index contributed by atoms with van der Waals surface area (Å²) in [6.07, 6.45) is 6.15. The van der Waals surface area contributed by atoms with Crippen LogP contribution in [0.25, 0.3) is 0 Å². The number of hydrogen-bond donors (Lipinski definition) is 1. The summed E-state index contributed by atoms with van der Waals surface area (Å²) in [7, 11) is 1.93. The summed E-state index contributed by atoms with van der Waals surface area (Å²) >= 11 is 1.44. The highest BCUT2D eigenvalue weighted by molar-refractivity contribution is 7.99. The minimum Gasteiger partial charge on any atom is -0.372 e. The smallest absolute Gasteiger partial charge is 0.234 e. The third-order valence-corrected chi connectivity index (χ3v) is 5.12. The van der Waals surface area contributed by atoms with Crippen molar-refractivity contribution < 1.29 is 4.79 Å². The molecule has 1 fully saturated rings. The van der Waals surface area contributed by atoms with Crippen LogP contribution in [0.4, 0.5) is 11.4 Å². The molecule has 1 aliphatic heterocycles. The van der Waals surface area contributed by atoms with Crippen LogP contribution in [-0.2, 0) is 11.8 Å². The van der Waals surface area contributed by atoms with Gasteiger partial charge >= 0.3 is 0 Å². The van der Waals surface area contributed by atoms with Gasteiger partial charge in [0.1, 0.15) is 0 Å². The van der Waals surface area contributed by atoms with Crippen LogP contribution in [0.1, 0.15) is 18.4 Å². The Bertz CT molecular complexity index is 692. The van der Waals surface area contributed by atoms with Crippen molar-refractivity contribution in [2.24, 2.45) is 7.05 Å². The number of thioether (sulfide) groups is 1. The molecule has 0 bridgehead atoms. The van der Waals surface area contributed by atoms with Crippen LogP contribution in [0.3, 0.4) is 0 Å². The Hall–Kier alpha value is -1.95. The first-order valence-corrected chi connectivity index (χ1v) is 8.87. The number of aryl methyl sites for hydroxylation is 2. The van der Waals surface area contributed by atoms with Crippen LogP contribution < -0.4 is 10.2 Å². The van der Waals surface area contributed by atoms with E-state index in [2.05, 4.69) is 27.3 Å². The zero-order valence-corrected chi connectivity index (χ0v) is 14.4. The number of anilines is 2. The number of amides is 1. The second kappa shape index (κ2) is 7.08. The highest BCUT2D eigenvalue weighted by Gasteiger charge is 2.14. The molecule has 5 nitrogen and oxygen atoms in total. The van der Waals surface area contributed by atoms with Gasteiger partial charge in [-0.05, 0) is 43.5 Å². The Morgan fingerprint density at radius 2 is 2.13 bits per heavy atom. The first-order valence-electron chi connectivity index (χ1n) is 7.89. The van der Waals surface area contributed by atoms with Gasteiger partial charge in [-0.2, -0.15) is 0 Å². The van der Waals surface area contributed by atoms with Crippen molar-refractivity contribution in [2.75, 3.05) is 29.1 Å². The van der Waals surface area contributed by atoms with Gasteiger partial charge in [-0.15, -0.1) is 0 Å². The lowest BCUT2D eigenvalue weighted by atomic mass is 10.1. The third-order valence-electron chi connectivity index (χ3n) is 4.06. The van der Waals surface area contributed by atoms with E-state index in [-0.39, 0.29) is 5.91 Å². The molecule has 1 aromatic carbocycles. The molecule has 23 heavy (non-hydrogen) atoms. The Morgan fingerprint density at radius 1 is 1.35 bits per heavy atom. The zero-order chi connectivity index (χ0) is 16.2. The van der Waals surface area contributed by atoms with Crippen LogP contribution in [0.5, 0.6) is 0 Å². The van der Waals surface area contributed by atoms with E-state index in [1.807, 2.05) is 30.8 Å². The molecule has 1 N–H and O–H groups in total. The normalized spacial score (nSPS) is 14.3. The summed E-state index contributed by atoms with van der Waals surface area (Å²) < 4.78 is 1.91. The summed E-state index contributed by atoms with van der Waals surface area (Å²) in [5, 5.41) is 3.84. The van der Waals surface area contributed by atoms with Crippen LogP contribution in [0, 0.1) is 6.92 Å². The standard InChI is InChI=1S/C17H22N4OS/c1-13-11-14(21-8-3-4-9-21)5-6-15(13)19-16(22)12-23-17-18-7-10-20(17)2/h5-7,10-11H,3-4,8-9,12H2,1-2H3,(H,19,22). The minimum atomic E-state index is -0.00461. The molecule has 3 rings (SSSR count).